The van der Waals surface area contributed by atoms with Crippen LogP contribution in [0.15, 0.2) is 47.4 Å². The van der Waals surface area contributed by atoms with Crippen molar-refractivity contribution in [1.82, 2.24) is 9.47 Å². The first-order valence-electron chi connectivity index (χ1n) is 10.9. The number of pyridine rings is 1. The molecule has 0 spiro atoms. The van der Waals surface area contributed by atoms with Gasteiger partial charge in [-0.25, -0.2) is 4.39 Å². The van der Waals surface area contributed by atoms with Crippen LogP contribution in [-0.2, 0) is 6.54 Å². The molecular weight excluding hydrogens is 367 g/mol. The molecule has 2 heterocycles. The molecule has 5 heteroatoms. The quantitative estimate of drug-likeness (QED) is 0.600. The molecule has 4 nitrogen and oxygen atoms in total. The molecule has 1 aromatic carbocycles. The van der Waals surface area contributed by atoms with Crippen LogP contribution in [0.1, 0.15) is 46.0 Å². The van der Waals surface area contributed by atoms with Crippen molar-refractivity contribution in [2.45, 2.75) is 64.6 Å². The van der Waals surface area contributed by atoms with Gasteiger partial charge in [-0.3, -0.25) is 4.79 Å². The van der Waals surface area contributed by atoms with Crippen LogP contribution in [-0.4, -0.2) is 41.4 Å². The Morgan fingerprint density at radius 1 is 1.14 bits per heavy atom. The lowest BCUT2D eigenvalue weighted by atomic mass is 10.0. The maximum atomic E-state index is 12.5. The monoisotopic (exact) mass is 400 g/mol. The fraction of sp³-hybridized carbons (Fsp3) is 0.542. The van der Waals surface area contributed by atoms with E-state index in [9.17, 15) is 9.18 Å². The molecule has 1 aliphatic heterocycles. The van der Waals surface area contributed by atoms with Crippen molar-refractivity contribution in [3.05, 3.63) is 52.9 Å². The summed E-state index contributed by atoms with van der Waals surface area (Å²) in [5.41, 5.74) is 1.62. The molecule has 0 saturated carbocycles. The Morgan fingerprint density at radius 2 is 1.86 bits per heavy atom. The van der Waals surface area contributed by atoms with E-state index in [1.165, 1.54) is 23.8 Å². The van der Waals surface area contributed by atoms with Crippen LogP contribution in [0.4, 0.5) is 4.39 Å². The third-order valence-corrected chi connectivity index (χ3v) is 5.89. The first-order chi connectivity index (χ1) is 14.1. The molecule has 1 atom stereocenters. The Morgan fingerprint density at radius 3 is 2.48 bits per heavy atom. The number of ether oxygens (including phenoxy) is 1. The van der Waals surface area contributed by atoms with Crippen LogP contribution < -0.4 is 10.3 Å². The van der Waals surface area contributed by atoms with Gasteiger partial charge in [-0.1, -0.05) is 31.9 Å². The van der Waals surface area contributed by atoms with Gasteiger partial charge < -0.3 is 14.2 Å². The number of piperidine rings is 1. The summed E-state index contributed by atoms with van der Waals surface area (Å²) >= 11 is 0. The molecule has 0 radical (unpaired) electrons. The zero-order valence-electron chi connectivity index (χ0n) is 17.6. The summed E-state index contributed by atoms with van der Waals surface area (Å²) in [6.07, 6.45) is 7.88. The molecule has 1 unspecified atom stereocenters. The zero-order chi connectivity index (χ0) is 20.6. The molecule has 1 saturated heterocycles. The SMILES string of the molecule is CCCCC(C)N1CCC(Oc2ccc(-c3ccn(CCF)c(=O)c3)cc2)CC1. The molecule has 1 aliphatic rings. The Kier molecular flexibility index (Phi) is 7.87. The number of hydrogen-bond donors (Lipinski definition) is 0. The fourth-order valence-corrected chi connectivity index (χ4v) is 4.00. The van der Waals surface area contributed by atoms with Gasteiger partial charge >= 0.3 is 0 Å². The Hall–Kier alpha value is -2.14. The molecule has 1 aromatic heterocycles. The first-order valence-corrected chi connectivity index (χ1v) is 10.9. The van der Waals surface area contributed by atoms with Gasteiger partial charge in [0.15, 0.2) is 0 Å². The first kappa shape index (κ1) is 21.6. The number of aryl methyl sites for hydroxylation is 1. The minimum absolute atomic E-state index is 0.0993. The zero-order valence-corrected chi connectivity index (χ0v) is 17.6. The number of likely N-dealkylation sites (tertiary alicyclic amines) is 1. The van der Waals surface area contributed by atoms with Crippen molar-refractivity contribution in [1.29, 1.82) is 0 Å². The van der Waals surface area contributed by atoms with Crippen LogP contribution in [0.5, 0.6) is 5.75 Å². The van der Waals surface area contributed by atoms with Gasteiger partial charge in [-0.2, -0.15) is 0 Å². The maximum Gasteiger partial charge on any atom is 0.251 e. The number of halogens is 1. The lowest BCUT2D eigenvalue weighted by Gasteiger charge is -2.36. The van der Waals surface area contributed by atoms with E-state index >= 15 is 0 Å². The molecule has 0 N–H and O–H groups in total. The molecule has 1 fully saturated rings. The van der Waals surface area contributed by atoms with Gasteiger partial charge in [0, 0.05) is 31.4 Å². The third kappa shape index (κ3) is 5.92. The summed E-state index contributed by atoms with van der Waals surface area (Å²) in [5.74, 6) is 0.872. The number of hydrogen-bond acceptors (Lipinski definition) is 3. The summed E-state index contributed by atoms with van der Waals surface area (Å²) in [6.45, 7) is 6.35. The number of alkyl halides is 1. The summed E-state index contributed by atoms with van der Waals surface area (Å²) in [5, 5.41) is 0. The summed E-state index contributed by atoms with van der Waals surface area (Å²) in [7, 11) is 0. The Labute approximate surface area is 173 Å². The van der Waals surface area contributed by atoms with E-state index in [0.29, 0.717) is 6.04 Å². The van der Waals surface area contributed by atoms with Crippen LogP contribution >= 0.6 is 0 Å². The second-order valence-electron chi connectivity index (χ2n) is 8.00. The van der Waals surface area contributed by atoms with Crippen molar-refractivity contribution in [3.63, 3.8) is 0 Å². The topological polar surface area (TPSA) is 34.5 Å². The van der Waals surface area contributed by atoms with E-state index < -0.39 is 6.67 Å². The highest BCUT2D eigenvalue weighted by molar-refractivity contribution is 5.63. The number of benzene rings is 1. The highest BCUT2D eigenvalue weighted by atomic mass is 19.1. The van der Waals surface area contributed by atoms with Gasteiger partial charge in [0.1, 0.15) is 18.5 Å². The van der Waals surface area contributed by atoms with Gasteiger partial charge in [0.25, 0.3) is 5.56 Å². The molecule has 0 amide bonds. The standard InChI is InChI=1S/C24H33FN2O2/c1-3-4-5-19(2)26-15-11-23(12-16-26)29-22-8-6-20(7-9-22)21-10-14-27(17-13-25)24(28)18-21/h6-10,14,18-19,23H,3-5,11-13,15-17H2,1-2H3. The van der Waals surface area contributed by atoms with E-state index in [-0.39, 0.29) is 18.2 Å². The minimum Gasteiger partial charge on any atom is -0.490 e. The minimum atomic E-state index is -0.540. The van der Waals surface area contributed by atoms with Crippen molar-refractivity contribution >= 4 is 0 Å². The molecule has 2 aromatic rings. The predicted molar refractivity (Wildman–Crippen MR) is 116 cm³/mol. The highest BCUT2D eigenvalue weighted by Gasteiger charge is 2.23. The van der Waals surface area contributed by atoms with Crippen LogP contribution in [0.3, 0.4) is 0 Å². The number of aromatic nitrogens is 1. The second kappa shape index (κ2) is 10.6. The van der Waals surface area contributed by atoms with Crippen molar-refractivity contribution in [2.75, 3.05) is 19.8 Å². The smallest absolute Gasteiger partial charge is 0.251 e. The average molecular weight is 401 g/mol. The average Bonchev–Trinajstić information content (AvgIpc) is 2.74. The van der Waals surface area contributed by atoms with E-state index in [1.54, 1.807) is 12.3 Å². The Balaban J connectivity index is 1.54. The fourth-order valence-electron chi connectivity index (χ4n) is 4.00. The summed E-state index contributed by atoms with van der Waals surface area (Å²) < 4.78 is 20.0. The molecule has 0 aliphatic carbocycles. The van der Waals surface area contributed by atoms with Gasteiger partial charge in [0.2, 0.25) is 0 Å². The number of unbranched alkanes of at least 4 members (excludes halogenated alkanes) is 1. The lowest BCUT2D eigenvalue weighted by molar-refractivity contribution is 0.0769. The second-order valence-corrected chi connectivity index (χ2v) is 8.00. The summed E-state index contributed by atoms with van der Waals surface area (Å²) in [6, 6.07) is 12.0. The van der Waals surface area contributed by atoms with Crippen LogP contribution in [0.25, 0.3) is 11.1 Å². The third-order valence-electron chi connectivity index (χ3n) is 5.89. The highest BCUT2D eigenvalue weighted by Crippen LogP contribution is 2.25. The Bertz CT molecular complexity index is 810. The van der Waals surface area contributed by atoms with E-state index in [4.69, 9.17) is 4.74 Å². The van der Waals surface area contributed by atoms with Crippen molar-refractivity contribution < 1.29 is 9.13 Å². The van der Waals surface area contributed by atoms with Gasteiger partial charge in [-0.15, -0.1) is 0 Å². The number of nitrogens with zero attached hydrogens (tertiary/aromatic N) is 2. The van der Waals surface area contributed by atoms with Crippen LogP contribution in [0.2, 0.25) is 0 Å². The van der Waals surface area contributed by atoms with E-state index in [0.717, 1.165) is 42.8 Å². The molecule has 3 rings (SSSR count). The van der Waals surface area contributed by atoms with E-state index in [2.05, 4.69) is 18.7 Å². The van der Waals surface area contributed by atoms with Crippen molar-refractivity contribution in [2.24, 2.45) is 0 Å². The molecule has 0 bridgehead atoms. The predicted octanol–water partition coefficient (Wildman–Crippen LogP) is 4.91. The largest absolute Gasteiger partial charge is 0.490 e. The van der Waals surface area contributed by atoms with E-state index in [1.807, 2.05) is 30.3 Å². The molecule has 158 valence electrons. The van der Waals surface area contributed by atoms with Crippen LogP contribution in [0, 0.1) is 0 Å². The summed E-state index contributed by atoms with van der Waals surface area (Å²) in [4.78, 5) is 14.6. The normalized spacial score (nSPS) is 16.7. The van der Waals surface area contributed by atoms with Gasteiger partial charge in [0.05, 0.1) is 6.54 Å². The van der Waals surface area contributed by atoms with Gasteiger partial charge in [-0.05, 0) is 55.5 Å². The molecular formula is C24H33FN2O2. The van der Waals surface area contributed by atoms with Crippen molar-refractivity contribution in [3.8, 4) is 16.9 Å². The lowest BCUT2D eigenvalue weighted by Crippen LogP contribution is -2.42. The molecule has 29 heavy (non-hydrogen) atoms. The number of rotatable bonds is 9. The maximum absolute atomic E-state index is 12.5.